The molecule has 0 radical (unpaired) electrons. The predicted octanol–water partition coefficient (Wildman–Crippen LogP) is 1.58. The lowest BCUT2D eigenvalue weighted by Crippen LogP contribution is -2.15. The van der Waals surface area contributed by atoms with Crippen LogP contribution in [0.15, 0.2) is 17.4 Å². The number of aryl methyl sites for hydroxylation is 1. The minimum absolute atomic E-state index is 0.215. The van der Waals surface area contributed by atoms with Crippen LogP contribution < -0.4 is 5.56 Å². The second kappa shape index (κ2) is 2.90. The summed E-state index contributed by atoms with van der Waals surface area (Å²) >= 11 is 1.61. The summed E-state index contributed by atoms with van der Waals surface area (Å²) < 4.78 is 1.79. The van der Waals surface area contributed by atoms with Crippen LogP contribution in [0, 0.1) is 0 Å². The van der Waals surface area contributed by atoms with Gasteiger partial charge in [-0.05, 0) is 19.3 Å². The predicted molar refractivity (Wildman–Crippen MR) is 50.8 cm³/mol. The SMILES string of the molecule is C=CCn1sc2c(c1=O)CCC2. The minimum Gasteiger partial charge on any atom is -0.268 e. The molecule has 0 aliphatic heterocycles. The molecule has 0 unspecified atom stereocenters. The third-order valence-corrected chi connectivity index (χ3v) is 3.37. The lowest BCUT2D eigenvalue weighted by molar-refractivity contribution is 0.841. The Labute approximate surface area is 75.3 Å². The van der Waals surface area contributed by atoms with Crippen LogP contribution >= 0.6 is 11.5 Å². The molecular weight excluding hydrogens is 170 g/mol. The summed E-state index contributed by atoms with van der Waals surface area (Å²) in [6.45, 7) is 4.29. The molecular formula is C9H11NOS. The summed E-state index contributed by atoms with van der Waals surface area (Å²) in [5.41, 5.74) is 1.27. The van der Waals surface area contributed by atoms with Crippen LogP contribution in [0.1, 0.15) is 16.9 Å². The highest BCUT2D eigenvalue weighted by Gasteiger charge is 2.18. The van der Waals surface area contributed by atoms with Gasteiger partial charge in [0.1, 0.15) is 0 Å². The molecule has 1 aliphatic carbocycles. The normalized spacial score (nSPS) is 14.7. The second-order valence-electron chi connectivity index (χ2n) is 3.00. The number of allylic oxidation sites excluding steroid dienone is 1. The maximum Gasteiger partial charge on any atom is 0.264 e. The molecule has 0 aromatic carbocycles. The molecule has 0 amide bonds. The molecule has 64 valence electrons. The topological polar surface area (TPSA) is 22.0 Å². The average Bonchev–Trinajstić information content (AvgIpc) is 2.58. The fourth-order valence-electron chi connectivity index (χ4n) is 1.61. The molecule has 2 rings (SSSR count). The van der Waals surface area contributed by atoms with E-state index in [-0.39, 0.29) is 5.56 Å². The minimum atomic E-state index is 0.215. The summed E-state index contributed by atoms with van der Waals surface area (Å²) in [5, 5.41) is 0. The van der Waals surface area contributed by atoms with Crippen molar-refractivity contribution >= 4 is 11.5 Å². The zero-order valence-electron chi connectivity index (χ0n) is 6.88. The monoisotopic (exact) mass is 181 g/mol. The zero-order chi connectivity index (χ0) is 8.55. The largest absolute Gasteiger partial charge is 0.268 e. The van der Waals surface area contributed by atoms with Gasteiger partial charge in [0.25, 0.3) is 5.56 Å². The van der Waals surface area contributed by atoms with Crippen LogP contribution in [0.4, 0.5) is 0 Å². The summed E-state index contributed by atoms with van der Waals surface area (Å²) in [7, 11) is 0. The van der Waals surface area contributed by atoms with Crippen LogP contribution in [0.25, 0.3) is 0 Å². The molecule has 0 saturated carbocycles. The van der Waals surface area contributed by atoms with E-state index in [2.05, 4.69) is 6.58 Å². The number of aromatic nitrogens is 1. The molecule has 1 aliphatic rings. The van der Waals surface area contributed by atoms with Crippen molar-refractivity contribution in [3.8, 4) is 0 Å². The number of nitrogens with zero attached hydrogens (tertiary/aromatic N) is 1. The third kappa shape index (κ3) is 1.05. The number of rotatable bonds is 2. The van der Waals surface area contributed by atoms with Crippen molar-refractivity contribution in [2.24, 2.45) is 0 Å². The van der Waals surface area contributed by atoms with Gasteiger partial charge in [0.15, 0.2) is 0 Å². The molecule has 0 atom stereocenters. The Bertz CT molecular complexity index is 361. The van der Waals surface area contributed by atoms with E-state index < -0.39 is 0 Å². The van der Waals surface area contributed by atoms with Gasteiger partial charge in [0, 0.05) is 10.4 Å². The van der Waals surface area contributed by atoms with Crippen LogP contribution in [0.3, 0.4) is 0 Å². The van der Waals surface area contributed by atoms with E-state index in [9.17, 15) is 4.79 Å². The highest BCUT2D eigenvalue weighted by atomic mass is 32.1. The van der Waals surface area contributed by atoms with Crippen LogP contribution in [-0.4, -0.2) is 3.96 Å². The van der Waals surface area contributed by atoms with E-state index >= 15 is 0 Å². The lowest BCUT2D eigenvalue weighted by Gasteiger charge is -1.92. The van der Waals surface area contributed by atoms with Gasteiger partial charge in [-0.3, -0.25) is 8.75 Å². The Balaban J connectivity index is 2.47. The van der Waals surface area contributed by atoms with Gasteiger partial charge in [-0.15, -0.1) is 6.58 Å². The Morgan fingerprint density at radius 2 is 2.42 bits per heavy atom. The quantitative estimate of drug-likeness (QED) is 0.635. The highest BCUT2D eigenvalue weighted by molar-refractivity contribution is 7.06. The van der Waals surface area contributed by atoms with Crippen molar-refractivity contribution < 1.29 is 0 Å². The van der Waals surface area contributed by atoms with E-state index in [1.54, 1.807) is 21.6 Å². The lowest BCUT2D eigenvalue weighted by atomic mass is 10.3. The molecule has 1 aromatic heterocycles. The fourth-order valence-corrected chi connectivity index (χ4v) is 2.78. The third-order valence-electron chi connectivity index (χ3n) is 2.17. The zero-order valence-corrected chi connectivity index (χ0v) is 7.69. The Hall–Kier alpha value is -0.830. The van der Waals surface area contributed by atoms with Gasteiger partial charge in [-0.1, -0.05) is 17.6 Å². The van der Waals surface area contributed by atoms with Crippen molar-refractivity contribution in [3.63, 3.8) is 0 Å². The number of fused-ring (bicyclic) bond motifs is 1. The van der Waals surface area contributed by atoms with Gasteiger partial charge >= 0.3 is 0 Å². The van der Waals surface area contributed by atoms with Gasteiger partial charge in [-0.25, -0.2) is 0 Å². The van der Waals surface area contributed by atoms with E-state index in [0.29, 0.717) is 6.54 Å². The molecule has 0 bridgehead atoms. The molecule has 0 saturated heterocycles. The van der Waals surface area contributed by atoms with E-state index in [0.717, 1.165) is 24.8 Å². The van der Waals surface area contributed by atoms with Gasteiger partial charge in [0.2, 0.25) is 0 Å². The summed E-state index contributed by atoms with van der Waals surface area (Å²) in [6, 6.07) is 0. The molecule has 3 heteroatoms. The summed E-state index contributed by atoms with van der Waals surface area (Å²) in [5.74, 6) is 0. The Morgan fingerprint density at radius 1 is 1.58 bits per heavy atom. The average molecular weight is 181 g/mol. The number of hydrogen-bond donors (Lipinski definition) is 0. The first-order chi connectivity index (χ1) is 5.83. The van der Waals surface area contributed by atoms with Crippen molar-refractivity contribution in [2.45, 2.75) is 25.8 Å². The molecule has 0 spiro atoms. The Kier molecular flexibility index (Phi) is 1.89. The molecule has 12 heavy (non-hydrogen) atoms. The molecule has 2 nitrogen and oxygen atoms in total. The highest BCUT2D eigenvalue weighted by Crippen LogP contribution is 2.22. The van der Waals surface area contributed by atoms with E-state index in [1.807, 2.05) is 0 Å². The summed E-state index contributed by atoms with van der Waals surface area (Å²) in [4.78, 5) is 12.9. The first kappa shape index (κ1) is 7.80. The maximum atomic E-state index is 11.6. The van der Waals surface area contributed by atoms with Gasteiger partial charge in [0.05, 0.1) is 6.54 Å². The smallest absolute Gasteiger partial charge is 0.264 e. The second-order valence-corrected chi connectivity index (χ2v) is 4.12. The van der Waals surface area contributed by atoms with Crippen molar-refractivity contribution in [3.05, 3.63) is 33.4 Å². The van der Waals surface area contributed by atoms with Gasteiger partial charge < -0.3 is 0 Å². The van der Waals surface area contributed by atoms with E-state index in [4.69, 9.17) is 0 Å². The molecule has 1 heterocycles. The standard InChI is InChI=1S/C9H11NOS/c1-2-6-10-9(11)7-4-3-5-8(7)12-10/h2H,1,3-6H2. The Morgan fingerprint density at radius 3 is 3.08 bits per heavy atom. The van der Waals surface area contributed by atoms with Crippen LogP contribution in [0.5, 0.6) is 0 Å². The van der Waals surface area contributed by atoms with Crippen LogP contribution in [0.2, 0.25) is 0 Å². The first-order valence-electron chi connectivity index (χ1n) is 4.15. The summed E-state index contributed by atoms with van der Waals surface area (Å²) in [6.07, 6.45) is 5.01. The fraction of sp³-hybridized carbons (Fsp3) is 0.444. The first-order valence-corrected chi connectivity index (χ1v) is 4.93. The van der Waals surface area contributed by atoms with Crippen LogP contribution in [-0.2, 0) is 19.4 Å². The molecule has 0 N–H and O–H groups in total. The van der Waals surface area contributed by atoms with Crippen molar-refractivity contribution in [1.29, 1.82) is 0 Å². The van der Waals surface area contributed by atoms with Gasteiger partial charge in [-0.2, -0.15) is 0 Å². The van der Waals surface area contributed by atoms with Crippen molar-refractivity contribution in [2.75, 3.05) is 0 Å². The van der Waals surface area contributed by atoms with E-state index in [1.165, 1.54) is 4.88 Å². The molecule has 0 fully saturated rings. The number of hydrogen-bond acceptors (Lipinski definition) is 2. The molecule has 1 aromatic rings. The van der Waals surface area contributed by atoms with Crippen molar-refractivity contribution in [1.82, 2.24) is 3.96 Å². The maximum absolute atomic E-state index is 11.6.